The molecule has 4 heteroatoms. The molecule has 1 fully saturated rings. The highest BCUT2D eigenvalue weighted by Crippen LogP contribution is 2.28. The minimum atomic E-state index is 0.241. The molecule has 1 aliphatic rings. The Balaban J connectivity index is 2.26. The number of hydrogen-bond acceptors (Lipinski definition) is 4. The van der Waals surface area contributed by atoms with Crippen LogP contribution in [0.15, 0.2) is 18.5 Å². The van der Waals surface area contributed by atoms with Gasteiger partial charge >= 0.3 is 0 Å². The second kappa shape index (κ2) is 6.46. The molecule has 1 saturated heterocycles. The van der Waals surface area contributed by atoms with Gasteiger partial charge in [0.15, 0.2) is 0 Å². The van der Waals surface area contributed by atoms with Crippen molar-refractivity contribution in [3.05, 3.63) is 29.6 Å². The number of aromatic nitrogens is 1. The lowest BCUT2D eigenvalue weighted by Crippen LogP contribution is -2.51. The Morgan fingerprint density at radius 3 is 3.00 bits per heavy atom. The number of morpholine rings is 1. The Morgan fingerprint density at radius 2 is 2.37 bits per heavy atom. The SMILES string of the molecule is CCC1COC(C)CN1C(CN)c1cnccc1C. The molecule has 2 rings (SSSR count). The molecule has 19 heavy (non-hydrogen) atoms. The van der Waals surface area contributed by atoms with Gasteiger partial charge in [-0.25, -0.2) is 0 Å². The monoisotopic (exact) mass is 263 g/mol. The molecule has 0 aromatic carbocycles. The van der Waals surface area contributed by atoms with Crippen LogP contribution in [-0.4, -0.2) is 41.7 Å². The first-order valence-corrected chi connectivity index (χ1v) is 7.15. The van der Waals surface area contributed by atoms with Crippen molar-refractivity contribution in [1.29, 1.82) is 0 Å². The summed E-state index contributed by atoms with van der Waals surface area (Å²) in [5, 5.41) is 0. The maximum Gasteiger partial charge on any atom is 0.0675 e. The summed E-state index contributed by atoms with van der Waals surface area (Å²) in [6.45, 7) is 8.83. The van der Waals surface area contributed by atoms with Gasteiger partial charge in [-0.05, 0) is 37.5 Å². The molecule has 0 aliphatic carbocycles. The van der Waals surface area contributed by atoms with Gasteiger partial charge in [0.05, 0.1) is 12.7 Å². The van der Waals surface area contributed by atoms with E-state index in [-0.39, 0.29) is 12.1 Å². The van der Waals surface area contributed by atoms with Gasteiger partial charge in [-0.3, -0.25) is 9.88 Å². The van der Waals surface area contributed by atoms with Crippen LogP contribution in [0.2, 0.25) is 0 Å². The number of rotatable bonds is 4. The molecule has 0 saturated carbocycles. The van der Waals surface area contributed by atoms with E-state index in [1.807, 2.05) is 12.4 Å². The maximum absolute atomic E-state index is 6.06. The van der Waals surface area contributed by atoms with Gasteiger partial charge in [0, 0.05) is 37.6 Å². The molecule has 3 atom stereocenters. The topological polar surface area (TPSA) is 51.4 Å². The van der Waals surface area contributed by atoms with E-state index in [1.165, 1.54) is 11.1 Å². The Bertz CT molecular complexity index is 410. The number of nitrogens with two attached hydrogens (primary N) is 1. The van der Waals surface area contributed by atoms with Crippen molar-refractivity contribution in [2.75, 3.05) is 19.7 Å². The van der Waals surface area contributed by atoms with E-state index in [2.05, 4.69) is 36.7 Å². The molecule has 2 N–H and O–H groups in total. The molecule has 1 aromatic rings. The minimum Gasteiger partial charge on any atom is -0.376 e. The van der Waals surface area contributed by atoms with Crippen molar-refractivity contribution >= 4 is 0 Å². The first-order chi connectivity index (χ1) is 9.17. The summed E-state index contributed by atoms with van der Waals surface area (Å²) in [5.41, 5.74) is 8.57. The summed E-state index contributed by atoms with van der Waals surface area (Å²) in [4.78, 5) is 6.76. The molecule has 1 aromatic heterocycles. The van der Waals surface area contributed by atoms with E-state index in [1.54, 1.807) is 0 Å². The molecular weight excluding hydrogens is 238 g/mol. The fraction of sp³-hybridized carbons (Fsp3) is 0.667. The zero-order chi connectivity index (χ0) is 13.8. The number of nitrogens with zero attached hydrogens (tertiary/aromatic N) is 2. The molecule has 0 amide bonds. The highest BCUT2D eigenvalue weighted by atomic mass is 16.5. The van der Waals surface area contributed by atoms with Crippen molar-refractivity contribution in [3.63, 3.8) is 0 Å². The fourth-order valence-corrected chi connectivity index (χ4v) is 2.87. The first-order valence-electron chi connectivity index (χ1n) is 7.15. The smallest absolute Gasteiger partial charge is 0.0675 e. The average Bonchev–Trinajstić information content (AvgIpc) is 2.42. The van der Waals surface area contributed by atoms with E-state index < -0.39 is 0 Å². The van der Waals surface area contributed by atoms with E-state index in [0.29, 0.717) is 12.6 Å². The zero-order valence-corrected chi connectivity index (χ0v) is 12.2. The lowest BCUT2D eigenvalue weighted by atomic mass is 9.98. The standard InChI is InChI=1S/C15H25N3O/c1-4-13-10-19-12(3)9-18(13)15(7-16)14-8-17-6-5-11(14)2/h5-6,8,12-13,15H,4,7,9-10,16H2,1-3H3. The van der Waals surface area contributed by atoms with Gasteiger partial charge < -0.3 is 10.5 Å². The molecule has 2 heterocycles. The van der Waals surface area contributed by atoms with Crippen molar-refractivity contribution in [1.82, 2.24) is 9.88 Å². The summed E-state index contributed by atoms with van der Waals surface area (Å²) in [6.07, 6.45) is 5.15. The summed E-state index contributed by atoms with van der Waals surface area (Å²) < 4.78 is 5.77. The third-order valence-electron chi connectivity index (χ3n) is 4.04. The van der Waals surface area contributed by atoms with Crippen LogP contribution in [-0.2, 0) is 4.74 Å². The average molecular weight is 263 g/mol. The van der Waals surface area contributed by atoms with Gasteiger partial charge in [-0.2, -0.15) is 0 Å². The summed E-state index contributed by atoms with van der Waals surface area (Å²) >= 11 is 0. The molecule has 0 spiro atoms. The second-order valence-electron chi connectivity index (χ2n) is 5.39. The minimum absolute atomic E-state index is 0.241. The Kier molecular flexibility index (Phi) is 4.91. The van der Waals surface area contributed by atoms with E-state index in [0.717, 1.165) is 19.6 Å². The number of pyridine rings is 1. The molecule has 3 unspecified atom stereocenters. The van der Waals surface area contributed by atoms with Crippen LogP contribution in [0.5, 0.6) is 0 Å². The van der Waals surface area contributed by atoms with Crippen LogP contribution in [0.4, 0.5) is 0 Å². The lowest BCUT2D eigenvalue weighted by molar-refractivity contribution is -0.0720. The van der Waals surface area contributed by atoms with Crippen LogP contribution < -0.4 is 5.73 Å². The van der Waals surface area contributed by atoms with E-state index in [9.17, 15) is 0 Å². The fourth-order valence-electron chi connectivity index (χ4n) is 2.87. The van der Waals surface area contributed by atoms with E-state index in [4.69, 9.17) is 10.5 Å². The molecule has 0 bridgehead atoms. The van der Waals surface area contributed by atoms with Gasteiger partial charge in [0.2, 0.25) is 0 Å². The largest absolute Gasteiger partial charge is 0.376 e. The molecule has 106 valence electrons. The van der Waals surface area contributed by atoms with Gasteiger partial charge in [0.25, 0.3) is 0 Å². The van der Waals surface area contributed by atoms with Crippen LogP contribution in [0, 0.1) is 6.92 Å². The predicted octanol–water partition coefficient (Wildman–Crippen LogP) is 1.89. The molecular formula is C15H25N3O. The van der Waals surface area contributed by atoms with E-state index >= 15 is 0 Å². The Morgan fingerprint density at radius 1 is 1.58 bits per heavy atom. The van der Waals surface area contributed by atoms with Gasteiger partial charge in [-0.15, -0.1) is 0 Å². The third kappa shape index (κ3) is 3.14. The van der Waals surface area contributed by atoms with Gasteiger partial charge in [-0.1, -0.05) is 6.92 Å². The molecule has 1 aliphatic heterocycles. The highest BCUT2D eigenvalue weighted by molar-refractivity contribution is 5.25. The first kappa shape index (κ1) is 14.4. The summed E-state index contributed by atoms with van der Waals surface area (Å²) in [7, 11) is 0. The molecule has 4 nitrogen and oxygen atoms in total. The quantitative estimate of drug-likeness (QED) is 0.901. The van der Waals surface area contributed by atoms with Gasteiger partial charge in [0.1, 0.15) is 0 Å². The number of ether oxygens (including phenoxy) is 1. The summed E-state index contributed by atoms with van der Waals surface area (Å²) in [5.74, 6) is 0. The highest BCUT2D eigenvalue weighted by Gasteiger charge is 2.32. The van der Waals surface area contributed by atoms with Crippen molar-refractivity contribution in [3.8, 4) is 0 Å². The Hall–Kier alpha value is -0.970. The van der Waals surface area contributed by atoms with Crippen molar-refractivity contribution < 1.29 is 4.74 Å². The number of aryl methyl sites for hydroxylation is 1. The van der Waals surface area contributed by atoms with Crippen molar-refractivity contribution in [2.24, 2.45) is 5.73 Å². The number of hydrogen-bond donors (Lipinski definition) is 1. The summed E-state index contributed by atoms with van der Waals surface area (Å²) in [6, 6.07) is 2.75. The van der Waals surface area contributed by atoms with Crippen LogP contribution in [0.3, 0.4) is 0 Å². The Labute approximate surface area is 116 Å². The van der Waals surface area contributed by atoms with Crippen LogP contribution >= 0.6 is 0 Å². The maximum atomic E-state index is 6.06. The molecule has 0 radical (unpaired) electrons. The third-order valence-corrected chi connectivity index (χ3v) is 4.04. The normalized spacial score (nSPS) is 26.3. The lowest BCUT2D eigenvalue weighted by Gasteiger charge is -2.43. The predicted molar refractivity (Wildman–Crippen MR) is 77.0 cm³/mol. The second-order valence-corrected chi connectivity index (χ2v) is 5.39. The van der Waals surface area contributed by atoms with Crippen LogP contribution in [0.1, 0.15) is 37.4 Å². The van der Waals surface area contributed by atoms with Crippen LogP contribution in [0.25, 0.3) is 0 Å². The van der Waals surface area contributed by atoms with Crippen molar-refractivity contribution in [2.45, 2.75) is 45.4 Å². The zero-order valence-electron chi connectivity index (χ0n) is 12.2.